The first-order valence-corrected chi connectivity index (χ1v) is 10.2. The quantitative estimate of drug-likeness (QED) is 0.551. The zero-order valence-electron chi connectivity index (χ0n) is 17.1. The van der Waals surface area contributed by atoms with Crippen molar-refractivity contribution in [3.05, 3.63) is 77.7 Å². The topological polar surface area (TPSA) is 65.1 Å². The lowest BCUT2D eigenvalue weighted by Crippen LogP contribution is -2.25. The van der Waals surface area contributed by atoms with Gasteiger partial charge in [0.15, 0.2) is 5.82 Å². The molecule has 1 aliphatic heterocycles. The highest BCUT2D eigenvalue weighted by Gasteiger charge is 2.30. The summed E-state index contributed by atoms with van der Waals surface area (Å²) in [6, 6.07) is 14.2. The van der Waals surface area contributed by atoms with Gasteiger partial charge in [0.2, 0.25) is 0 Å². The third-order valence-electron chi connectivity index (χ3n) is 5.78. The minimum atomic E-state index is -0.0581. The molecule has 0 saturated heterocycles. The van der Waals surface area contributed by atoms with E-state index in [1.807, 2.05) is 42.4 Å². The first-order valence-electron chi connectivity index (χ1n) is 10.2. The standard InChI is InChI=1S/C24H23N5O/c1-3-29-22-19(24(30)28(2)21-8-5-12-26-23(21)29)14-16(15-27-22)9-10-17-6-4-7-20-18(17)11-13-25-20/h4-8,11-15,25H,3,9-10H2,1-2H3. The van der Waals surface area contributed by atoms with Crippen molar-refractivity contribution in [1.82, 2.24) is 15.0 Å². The smallest absolute Gasteiger partial charge is 0.261 e. The lowest BCUT2D eigenvalue weighted by atomic mass is 10.0. The van der Waals surface area contributed by atoms with Crippen molar-refractivity contribution in [2.45, 2.75) is 19.8 Å². The van der Waals surface area contributed by atoms with Crippen molar-refractivity contribution in [1.29, 1.82) is 0 Å². The molecule has 0 atom stereocenters. The number of nitrogens with zero attached hydrogens (tertiary/aromatic N) is 4. The van der Waals surface area contributed by atoms with Crippen LogP contribution in [0.25, 0.3) is 10.9 Å². The van der Waals surface area contributed by atoms with Crippen LogP contribution in [-0.4, -0.2) is 34.5 Å². The Morgan fingerprint density at radius 3 is 2.80 bits per heavy atom. The molecule has 3 aromatic heterocycles. The lowest BCUT2D eigenvalue weighted by Gasteiger charge is -2.22. The van der Waals surface area contributed by atoms with Crippen LogP contribution in [-0.2, 0) is 12.8 Å². The maximum Gasteiger partial charge on any atom is 0.261 e. The number of aryl methyl sites for hydroxylation is 2. The van der Waals surface area contributed by atoms with Gasteiger partial charge in [-0.3, -0.25) is 4.79 Å². The zero-order valence-corrected chi connectivity index (χ0v) is 17.1. The number of pyridine rings is 2. The Hall–Kier alpha value is -3.67. The molecule has 4 heterocycles. The summed E-state index contributed by atoms with van der Waals surface area (Å²) in [6.07, 6.45) is 7.32. The molecule has 5 rings (SSSR count). The molecular weight excluding hydrogens is 374 g/mol. The number of amides is 1. The molecule has 1 aliphatic rings. The van der Waals surface area contributed by atoms with E-state index in [4.69, 9.17) is 4.98 Å². The van der Waals surface area contributed by atoms with Crippen LogP contribution in [0.4, 0.5) is 17.3 Å². The van der Waals surface area contributed by atoms with Gasteiger partial charge in [0, 0.05) is 43.1 Å². The van der Waals surface area contributed by atoms with Gasteiger partial charge in [0.25, 0.3) is 5.91 Å². The fourth-order valence-corrected chi connectivity index (χ4v) is 4.21. The maximum absolute atomic E-state index is 13.3. The predicted octanol–water partition coefficient (Wildman–Crippen LogP) is 4.49. The lowest BCUT2D eigenvalue weighted by molar-refractivity contribution is 0.0994. The van der Waals surface area contributed by atoms with Crippen molar-refractivity contribution in [2.24, 2.45) is 0 Å². The SMILES string of the molecule is CCN1c2ncc(CCc3cccc4[nH]ccc34)cc2C(=O)N(C)c2cccnc21. The number of carbonyl (C=O) groups excluding carboxylic acids is 1. The molecule has 0 radical (unpaired) electrons. The van der Waals surface area contributed by atoms with Gasteiger partial charge in [-0.15, -0.1) is 0 Å². The number of aromatic nitrogens is 3. The number of rotatable bonds is 4. The van der Waals surface area contributed by atoms with Crippen molar-refractivity contribution < 1.29 is 4.79 Å². The van der Waals surface area contributed by atoms with Crippen molar-refractivity contribution in [2.75, 3.05) is 23.4 Å². The number of H-pyrrole nitrogens is 1. The molecular formula is C24H23N5O. The fraction of sp³-hybridized carbons (Fsp3) is 0.208. The van der Waals surface area contributed by atoms with Gasteiger partial charge in [-0.1, -0.05) is 12.1 Å². The minimum absolute atomic E-state index is 0.0581. The Morgan fingerprint density at radius 2 is 1.93 bits per heavy atom. The molecule has 4 aromatic rings. The van der Waals surface area contributed by atoms with Crippen LogP contribution in [0.2, 0.25) is 0 Å². The average Bonchev–Trinajstić information content (AvgIpc) is 3.25. The van der Waals surface area contributed by atoms with Crippen LogP contribution < -0.4 is 9.80 Å². The highest BCUT2D eigenvalue weighted by atomic mass is 16.2. The van der Waals surface area contributed by atoms with E-state index >= 15 is 0 Å². The van der Waals surface area contributed by atoms with Crippen LogP contribution in [0, 0.1) is 0 Å². The number of hydrogen-bond donors (Lipinski definition) is 1. The molecule has 1 aromatic carbocycles. The van der Waals surface area contributed by atoms with E-state index in [1.165, 1.54) is 10.9 Å². The number of fused-ring (bicyclic) bond motifs is 3. The van der Waals surface area contributed by atoms with Crippen LogP contribution in [0.3, 0.4) is 0 Å². The third kappa shape index (κ3) is 2.92. The molecule has 0 bridgehead atoms. The Bertz CT molecular complexity index is 1250. The third-order valence-corrected chi connectivity index (χ3v) is 5.78. The van der Waals surface area contributed by atoms with E-state index in [1.54, 1.807) is 18.1 Å². The highest BCUT2D eigenvalue weighted by Crippen LogP contribution is 2.37. The molecule has 1 amide bonds. The van der Waals surface area contributed by atoms with Crippen molar-refractivity contribution in [3.8, 4) is 0 Å². The Labute approximate surface area is 175 Å². The number of anilines is 3. The number of nitrogens with one attached hydrogen (secondary N) is 1. The molecule has 0 saturated carbocycles. The molecule has 150 valence electrons. The van der Waals surface area contributed by atoms with E-state index in [0.717, 1.165) is 35.4 Å². The first kappa shape index (κ1) is 18.4. The van der Waals surface area contributed by atoms with E-state index in [9.17, 15) is 4.79 Å². The predicted molar refractivity (Wildman–Crippen MR) is 120 cm³/mol. The molecule has 6 nitrogen and oxygen atoms in total. The average molecular weight is 397 g/mol. The van der Waals surface area contributed by atoms with E-state index < -0.39 is 0 Å². The van der Waals surface area contributed by atoms with Crippen LogP contribution >= 0.6 is 0 Å². The number of aromatic amines is 1. The maximum atomic E-state index is 13.3. The summed E-state index contributed by atoms with van der Waals surface area (Å²) in [5.74, 6) is 1.37. The largest absolute Gasteiger partial charge is 0.361 e. The Balaban J connectivity index is 1.50. The highest BCUT2D eigenvalue weighted by molar-refractivity contribution is 6.12. The van der Waals surface area contributed by atoms with Gasteiger partial charge in [-0.05, 0) is 61.2 Å². The molecule has 1 N–H and O–H groups in total. The van der Waals surface area contributed by atoms with E-state index in [-0.39, 0.29) is 5.91 Å². The molecule has 0 spiro atoms. The second-order valence-corrected chi connectivity index (χ2v) is 7.53. The summed E-state index contributed by atoms with van der Waals surface area (Å²) in [7, 11) is 1.80. The minimum Gasteiger partial charge on any atom is -0.361 e. The van der Waals surface area contributed by atoms with E-state index in [2.05, 4.69) is 34.2 Å². The summed E-state index contributed by atoms with van der Waals surface area (Å²) >= 11 is 0. The monoisotopic (exact) mass is 397 g/mol. The van der Waals surface area contributed by atoms with Crippen molar-refractivity contribution >= 4 is 34.1 Å². The Morgan fingerprint density at radius 1 is 1.03 bits per heavy atom. The molecule has 0 aliphatic carbocycles. The van der Waals surface area contributed by atoms with Gasteiger partial charge >= 0.3 is 0 Å². The number of hydrogen-bond acceptors (Lipinski definition) is 4. The summed E-state index contributed by atoms with van der Waals surface area (Å²) in [6.45, 7) is 2.73. The van der Waals surface area contributed by atoms with Gasteiger partial charge in [-0.25, -0.2) is 9.97 Å². The van der Waals surface area contributed by atoms with Crippen LogP contribution in [0.5, 0.6) is 0 Å². The van der Waals surface area contributed by atoms with Gasteiger partial charge in [0.1, 0.15) is 5.82 Å². The second-order valence-electron chi connectivity index (χ2n) is 7.53. The van der Waals surface area contributed by atoms with Crippen LogP contribution in [0.1, 0.15) is 28.4 Å². The number of carbonyl (C=O) groups is 1. The second kappa shape index (κ2) is 7.30. The normalized spacial score (nSPS) is 13.3. The van der Waals surface area contributed by atoms with Gasteiger partial charge in [-0.2, -0.15) is 0 Å². The Kier molecular flexibility index (Phi) is 4.47. The van der Waals surface area contributed by atoms with Gasteiger partial charge in [0.05, 0.1) is 11.3 Å². The summed E-state index contributed by atoms with van der Waals surface area (Å²) in [5, 5.41) is 1.25. The molecule has 0 fully saturated rings. The zero-order chi connectivity index (χ0) is 20.7. The number of benzene rings is 1. The summed E-state index contributed by atoms with van der Waals surface area (Å²) in [5.41, 5.74) is 4.91. The summed E-state index contributed by atoms with van der Waals surface area (Å²) < 4.78 is 0. The summed E-state index contributed by atoms with van der Waals surface area (Å²) in [4.78, 5) is 29.4. The van der Waals surface area contributed by atoms with Crippen molar-refractivity contribution in [3.63, 3.8) is 0 Å². The first-order chi connectivity index (χ1) is 14.7. The molecule has 0 unspecified atom stereocenters. The molecule has 6 heteroatoms. The van der Waals surface area contributed by atoms with E-state index in [0.29, 0.717) is 17.9 Å². The van der Waals surface area contributed by atoms with Gasteiger partial charge < -0.3 is 14.8 Å². The fourth-order valence-electron chi connectivity index (χ4n) is 4.21. The van der Waals surface area contributed by atoms with Crippen LogP contribution in [0.15, 0.2) is 61.1 Å². The molecule has 30 heavy (non-hydrogen) atoms.